The second kappa shape index (κ2) is 9.96. The molecular weight excluding hydrogens is 450 g/mol. The predicted octanol–water partition coefficient (Wildman–Crippen LogP) is 4.78. The van der Waals surface area contributed by atoms with Crippen LogP contribution in [-0.4, -0.2) is 32.3 Å². The van der Waals surface area contributed by atoms with E-state index in [-0.39, 0.29) is 17.6 Å². The Balaban J connectivity index is 1.25. The summed E-state index contributed by atoms with van der Waals surface area (Å²) in [7, 11) is 0. The molecule has 1 saturated carbocycles. The van der Waals surface area contributed by atoms with Gasteiger partial charge < -0.3 is 15.1 Å². The zero-order valence-electron chi connectivity index (χ0n) is 18.3. The molecule has 34 heavy (non-hydrogen) atoms. The Hall–Kier alpha value is -3.85. The van der Waals surface area contributed by atoms with E-state index in [1.165, 1.54) is 11.8 Å². The smallest absolute Gasteiger partial charge is 0.257 e. The number of carbonyl (C=O) groups excluding carboxylic acids is 2. The first-order chi connectivity index (χ1) is 16.7. The Bertz CT molecular complexity index is 1280. The van der Waals surface area contributed by atoms with E-state index in [9.17, 15) is 9.59 Å². The molecule has 1 aliphatic carbocycles. The molecule has 2 aromatic heterocycles. The van der Waals surface area contributed by atoms with Crippen molar-refractivity contribution in [2.45, 2.75) is 30.5 Å². The van der Waals surface area contributed by atoms with Gasteiger partial charge in [-0.05, 0) is 49.2 Å². The normalized spacial score (nSPS) is 12.9. The van der Waals surface area contributed by atoms with Crippen LogP contribution >= 0.6 is 11.8 Å². The van der Waals surface area contributed by atoms with Crippen LogP contribution in [-0.2, 0) is 11.3 Å². The fourth-order valence-electron chi connectivity index (χ4n) is 3.58. The van der Waals surface area contributed by atoms with Crippen molar-refractivity contribution in [2.24, 2.45) is 0 Å². The molecule has 1 fully saturated rings. The van der Waals surface area contributed by atoms with Crippen molar-refractivity contribution in [3.8, 4) is 0 Å². The molecular formula is C25H23N5O3S. The summed E-state index contributed by atoms with van der Waals surface area (Å²) >= 11 is 1.31. The van der Waals surface area contributed by atoms with Gasteiger partial charge in [0.1, 0.15) is 11.6 Å². The molecule has 2 amide bonds. The SMILES string of the molecule is O=C(CSc1nnc(C2CC2)n1Cc1ccco1)Nc1ccccc1C(=O)Nc1ccccc1. The predicted molar refractivity (Wildman–Crippen MR) is 130 cm³/mol. The van der Waals surface area contributed by atoms with Crippen LogP contribution in [0.3, 0.4) is 0 Å². The third-order valence-electron chi connectivity index (χ3n) is 5.39. The number of hydrogen-bond donors (Lipinski definition) is 2. The molecule has 2 aromatic carbocycles. The van der Waals surface area contributed by atoms with E-state index in [1.807, 2.05) is 47.0 Å². The summed E-state index contributed by atoms with van der Waals surface area (Å²) < 4.78 is 7.52. The molecule has 0 atom stereocenters. The van der Waals surface area contributed by atoms with Crippen LogP contribution in [0.1, 0.15) is 40.7 Å². The first-order valence-electron chi connectivity index (χ1n) is 11.0. The van der Waals surface area contributed by atoms with Crippen LogP contribution in [0.25, 0.3) is 0 Å². The lowest BCUT2D eigenvalue weighted by Gasteiger charge is -2.12. The number of para-hydroxylation sites is 2. The van der Waals surface area contributed by atoms with Crippen molar-refractivity contribution in [1.82, 2.24) is 14.8 Å². The first-order valence-corrected chi connectivity index (χ1v) is 12.0. The van der Waals surface area contributed by atoms with Crippen LogP contribution in [0.15, 0.2) is 82.6 Å². The number of benzene rings is 2. The molecule has 2 N–H and O–H groups in total. The molecule has 0 saturated heterocycles. The van der Waals surface area contributed by atoms with Gasteiger partial charge in [0.15, 0.2) is 5.16 Å². The summed E-state index contributed by atoms with van der Waals surface area (Å²) in [5.74, 6) is 1.78. The van der Waals surface area contributed by atoms with E-state index in [2.05, 4.69) is 20.8 Å². The van der Waals surface area contributed by atoms with Crippen molar-refractivity contribution in [3.05, 3.63) is 90.1 Å². The summed E-state index contributed by atoms with van der Waals surface area (Å²) in [6.45, 7) is 0.526. The van der Waals surface area contributed by atoms with E-state index >= 15 is 0 Å². The number of amides is 2. The fourth-order valence-corrected chi connectivity index (χ4v) is 4.33. The van der Waals surface area contributed by atoms with Crippen molar-refractivity contribution in [3.63, 3.8) is 0 Å². The van der Waals surface area contributed by atoms with Crippen molar-refractivity contribution < 1.29 is 14.0 Å². The van der Waals surface area contributed by atoms with Crippen LogP contribution in [0, 0.1) is 0 Å². The molecule has 0 bridgehead atoms. The fraction of sp³-hybridized carbons (Fsp3) is 0.200. The summed E-state index contributed by atoms with van der Waals surface area (Å²) in [5, 5.41) is 15.1. The summed E-state index contributed by atoms with van der Waals surface area (Å²) in [6, 6.07) is 19.9. The summed E-state index contributed by atoms with van der Waals surface area (Å²) in [5.41, 5.74) is 1.53. The number of furan rings is 1. The highest BCUT2D eigenvalue weighted by molar-refractivity contribution is 7.99. The average Bonchev–Trinajstić information content (AvgIpc) is 3.41. The van der Waals surface area contributed by atoms with Crippen molar-refractivity contribution >= 4 is 35.0 Å². The maximum atomic E-state index is 12.8. The van der Waals surface area contributed by atoms with E-state index < -0.39 is 0 Å². The van der Waals surface area contributed by atoms with Crippen LogP contribution in [0.2, 0.25) is 0 Å². The van der Waals surface area contributed by atoms with Crippen LogP contribution < -0.4 is 10.6 Å². The quantitative estimate of drug-likeness (QED) is 0.339. The molecule has 4 aromatic rings. The van der Waals surface area contributed by atoms with Gasteiger partial charge >= 0.3 is 0 Å². The van der Waals surface area contributed by atoms with Gasteiger partial charge in [-0.3, -0.25) is 14.2 Å². The maximum absolute atomic E-state index is 12.8. The largest absolute Gasteiger partial charge is 0.467 e. The highest BCUT2D eigenvalue weighted by Crippen LogP contribution is 2.40. The number of aromatic nitrogens is 3. The molecule has 0 aliphatic heterocycles. The second-order valence-electron chi connectivity index (χ2n) is 7.98. The van der Waals surface area contributed by atoms with Gasteiger partial charge in [0.25, 0.3) is 5.91 Å². The maximum Gasteiger partial charge on any atom is 0.257 e. The lowest BCUT2D eigenvalue weighted by molar-refractivity contribution is -0.113. The molecule has 1 aliphatic rings. The first kappa shape index (κ1) is 22.0. The highest BCUT2D eigenvalue weighted by atomic mass is 32.2. The van der Waals surface area contributed by atoms with Crippen molar-refractivity contribution in [2.75, 3.05) is 16.4 Å². The molecule has 0 spiro atoms. The Morgan fingerprint density at radius 3 is 2.53 bits per heavy atom. The number of anilines is 2. The minimum atomic E-state index is -0.290. The van der Waals surface area contributed by atoms with Crippen LogP contribution in [0.4, 0.5) is 11.4 Å². The Morgan fingerprint density at radius 1 is 0.971 bits per heavy atom. The molecule has 2 heterocycles. The second-order valence-corrected chi connectivity index (χ2v) is 8.93. The summed E-state index contributed by atoms with van der Waals surface area (Å²) in [6.07, 6.45) is 3.84. The van der Waals surface area contributed by atoms with Gasteiger partial charge in [-0.15, -0.1) is 10.2 Å². The minimum absolute atomic E-state index is 0.135. The molecule has 0 unspecified atom stereocenters. The van der Waals surface area contributed by atoms with Gasteiger partial charge in [0, 0.05) is 11.6 Å². The number of rotatable bonds is 9. The van der Waals surface area contributed by atoms with E-state index in [1.54, 1.807) is 30.5 Å². The third-order valence-corrected chi connectivity index (χ3v) is 6.36. The molecule has 8 nitrogen and oxygen atoms in total. The van der Waals surface area contributed by atoms with Gasteiger partial charge in [0.2, 0.25) is 5.91 Å². The Labute approximate surface area is 200 Å². The number of thioether (sulfide) groups is 1. The Kier molecular flexibility index (Phi) is 6.44. The van der Waals surface area contributed by atoms with E-state index in [4.69, 9.17) is 4.42 Å². The highest BCUT2D eigenvalue weighted by Gasteiger charge is 2.31. The lowest BCUT2D eigenvalue weighted by atomic mass is 10.1. The monoisotopic (exact) mass is 473 g/mol. The topological polar surface area (TPSA) is 102 Å². The number of nitrogens with zero attached hydrogens (tertiary/aromatic N) is 3. The van der Waals surface area contributed by atoms with E-state index in [0.717, 1.165) is 24.4 Å². The minimum Gasteiger partial charge on any atom is -0.467 e. The van der Waals surface area contributed by atoms with Gasteiger partial charge in [-0.2, -0.15) is 0 Å². The average molecular weight is 474 g/mol. The summed E-state index contributed by atoms with van der Waals surface area (Å²) in [4.78, 5) is 25.5. The lowest BCUT2D eigenvalue weighted by Crippen LogP contribution is -2.19. The molecule has 172 valence electrons. The van der Waals surface area contributed by atoms with Gasteiger partial charge in [-0.25, -0.2) is 0 Å². The molecule has 0 radical (unpaired) electrons. The third kappa shape index (κ3) is 5.20. The van der Waals surface area contributed by atoms with E-state index in [0.29, 0.717) is 34.6 Å². The van der Waals surface area contributed by atoms with Gasteiger partial charge in [0.05, 0.1) is 29.8 Å². The standard InChI is InChI=1S/C25H23N5O3S/c31-22(27-21-11-5-4-10-20(21)24(32)26-18-7-2-1-3-8-18)16-34-25-29-28-23(17-12-13-17)30(25)15-19-9-6-14-33-19/h1-11,14,17H,12-13,15-16H2,(H,26,32)(H,27,31). The molecule has 5 rings (SSSR count). The van der Waals surface area contributed by atoms with Gasteiger partial charge in [-0.1, -0.05) is 42.1 Å². The number of hydrogen-bond acceptors (Lipinski definition) is 6. The zero-order valence-corrected chi connectivity index (χ0v) is 19.1. The number of carbonyl (C=O) groups is 2. The zero-order chi connectivity index (χ0) is 23.3. The van der Waals surface area contributed by atoms with Crippen LogP contribution in [0.5, 0.6) is 0 Å². The Morgan fingerprint density at radius 2 is 1.76 bits per heavy atom. The van der Waals surface area contributed by atoms with Crippen molar-refractivity contribution in [1.29, 1.82) is 0 Å². The number of nitrogens with one attached hydrogen (secondary N) is 2. The molecule has 9 heteroatoms.